The predicted molar refractivity (Wildman–Crippen MR) is 111 cm³/mol. The molecule has 1 aliphatic rings. The van der Waals surface area contributed by atoms with Gasteiger partial charge in [-0.2, -0.15) is 0 Å². The number of nitrogens with zero attached hydrogens (tertiary/aromatic N) is 1. The summed E-state index contributed by atoms with van der Waals surface area (Å²) in [6, 6.07) is 9.61. The molecule has 2 amide bonds. The van der Waals surface area contributed by atoms with Crippen molar-refractivity contribution in [3.05, 3.63) is 53.3 Å². The van der Waals surface area contributed by atoms with Gasteiger partial charge in [-0.05, 0) is 48.7 Å². The third-order valence-corrected chi connectivity index (χ3v) is 7.76. The minimum Gasteiger partial charge on any atom is -0.497 e. The Labute approximate surface area is 179 Å². The number of ether oxygens (including phenoxy) is 1. The van der Waals surface area contributed by atoms with Crippen LogP contribution in [-0.2, 0) is 21.2 Å². The smallest absolute Gasteiger partial charge is 0.264 e. The van der Waals surface area contributed by atoms with Crippen LogP contribution in [0.5, 0.6) is 5.75 Å². The van der Waals surface area contributed by atoms with E-state index < -0.39 is 32.2 Å². The highest BCUT2D eigenvalue weighted by Gasteiger charge is 2.44. The van der Waals surface area contributed by atoms with Crippen molar-refractivity contribution in [3.8, 4) is 16.9 Å². The summed E-state index contributed by atoms with van der Waals surface area (Å²) in [7, 11) is -2.36. The first-order valence-electron chi connectivity index (χ1n) is 9.42. The van der Waals surface area contributed by atoms with Gasteiger partial charge in [0.25, 0.3) is 11.8 Å². The molecule has 10 heteroatoms. The highest BCUT2D eigenvalue weighted by atomic mass is 32.2. The summed E-state index contributed by atoms with van der Waals surface area (Å²) in [6.45, 7) is 1.27. The van der Waals surface area contributed by atoms with Crippen molar-refractivity contribution >= 4 is 21.7 Å². The number of hydroxylamine groups is 1. The molecule has 2 aromatic rings. The second-order valence-electron chi connectivity index (χ2n) is 7.64. The first-order valence-corrected chi connectivity index (χ1v) is 11.3. The molecule has 1 aliphatic heterocycles. The Bertz CT molecular complexity index is 1130. The van der Waals surface area contributed by atoms with Gasteiger partial charge < -0.3 is 9.64 Å². The molecule has 0 fully saturated rings. The number of amides is 2. The van der Waals surface area contributed by atoms with E-state index >= 15 is 0 Å². The highest BCUT2D eigenvalue weighted by Crippen LogP contribution is 2.33. The maximum absolute atomic E-state index is 14.7. The summed E-state index contributed by atoms with van der Waals surface area (Å²) in [5.41, 5.74) is 3.13. The zero-order valence-corrected chi connectivity index (χ0v) is 18.1. The average Bonchev–Trinajstić information content (AvgIpc) is 3.04. The van der Waals surface area contributed by atoms with E-state index in [1.54, 1.807) is 30.3 Å². The summed E-state index contributed by atoms with van der Waals surface area (Å²) >= 11 is 0. The van der Waals surface area contributed by atoms with Crippen LogP contribution in [0.1, 0.15) is 29.3 Å². The van der Waals surface area contributed by atoms with Crippen LogP contribution >= 0.6 is 0 Å². The van der Waals surface area contributed by atoms with Crippen LogP contribution in [0.4, 0.5) is 4.39 Å². The fourth-order valence-corrected chi connectivity index (χ4v) is 4.35. The Hall–Kier alpha value is -2.98. The van der Waals surface area contributed by atoms with Crippen LogP contribution in [0.25, 0.3) is 11.1 Å². The number of sulfone groups is 1. The van der Waals surface area contributed by atoms with E-state index in [0.717, 1.165) is 6.26 Å². The van der Waals surface area contributed by atoms with Gasteiger partial charge in [-0.3, -0.25) is 14.8 Å². The molecule has 2 aromatic carbocycles. The number of carbonyl (C=O) groups excluding carboxylic acids is 2. The van der Waals surface area contributed by atoms with Crippen molar-refractivity contribution in [3.63, 3.8) is 0 Å². The number of fused-ring (bicyclic) bond motifs is 1. The SMILES string of the molecule is COc1ccc(-c2cc3c(cc2F)C(=O)N(CC[C@](C)(C(=O)NO)S(C)(=O)=O)C3)cc1. The predicted octanol–water partition coefficient (Wildman–Crippen LogP) is 2.16. The lowest BCUT2D eigenvalue weighted by Gasteiger charge is -2.27. The van der Waals surface area contributed by atoms with Gasteiger partial charge in [0.1, 0.15) is 11.6 Å². The number of carbonyl (C=O) groups is 2. The summed E-state index contributed by atoms with van der Waals surface area (Å²) in [6.07, 6.45) is 0.658. The highest BCUT2D eigenvalue weighted by molar-refractivity contribution is 7.92. The maximum Gasteiger partial charge on any atom is 0.264 e. The van der Waals surface area contributed by atoms with Crippen LogP contribution in [0.2, 0.25) is 0 Å². The summed E-state index contributed by atoms with van der Waals surface area (Å²) in [4.78, 5) is 26.1. The second-order valence-corrected chi connectivity index (χ2v) is 10.1. The average molecular weight is 450 g/mol. The molecule has 0 aliphatic carbocycles. The van der Waals surface area contributed by atoms with Gasteiger partial charge in [0, 0.05) is 30.5 Å². The number of hydrogen-bond acceptors (Lipinski definition) is 6. The number of hydrogen-bond donors (Lipinski definition) is 2. The molecule has 3 rings (SSSR count). The van der Waals surface area contributed by atoms with Crippen LogP contribution in [-0.4, -0.2) is 55.0 Å². The molecule has 1 atom stereocenters. The number of nitrogens with one attached hydrogen (secondary N) is 1. The van der Waals surface area contributed by atoms with Gasteiger partial charge in [0.15, 0.2) is 14.6 Å². The molecule has 2 N–H and O–H groups in total. The van der Waals surface area contributed by atoms with Crippen molar-refractivity contribution in [1.82, 2.24) is 10.4 Å². The topological polar surface area (TPSA) is 113 Å². The minimum atomic E-state index is -3.89. The van der Waals surface area contributed by atoms with Crippen LogP contribution in [0.3, 0.4) is 0 Å². The van der Waals surface area contributed by atoms with E-state index in [1.807, 2.05) is 0 Å². The molecule has 0 unspecified atom stereocenters. The zero-order valence-electron chi connectivity index (χ0n) is 17.3. The van der Waals surface area contributed by atoms with Gasteiger partial charge in [0.05, 0.1) is 7.11 Å². The van der Waals surface area contributed by atoms with Crippen LogP contribution in [0, 0.1) is 5.82 Å². The molecule has 8 nitrogen and oxygen atoms in total. The lowest BCUT2D eigenvalue weighted by Crippen LogP contribution is -2.50. The van der Waals surface area contributed by atoms with Crippen molar-refractivity contribution in [2.75, 3.05) is 19.9 Å². The minimum absolute atomic E-state index is 0.0655. The molecule has 1 heterocycles. The van der Waals surface area contributed by atoms with E-state index in [1.165, 1.54) is 30.5 Å². The molecular weight excluding hydrogens is 427 g/mol. The summed E-state index contributed by atoms with van der Waals surface area (Å²) < 4.78 is 42.2. The van der Waals surface area contributed by atoms with Gasteiger partial charge in [-0.15, -0.1) is 0 Å². The van der Waals surface area contributed by atoms with Crippen molar-refractivity contribution in [2.24, 2.45) is 0 Å². The molecule has 0 radical (unpaired) electrons. The molecular formula is C21H23FN2O6S. The molecule has 0 saturated carbocycles. The Morgan fingerprint density at radius 1 is 1.26 bits per heavy atom. The first kappa shape index (κ1) is 22.7. The molecule has 0 spiro atoms. The number of benzene rings is 2. The number of rotatable bonds is 7. The van der Waals surface area contributed by atoms with Crippen molar-refractivity contribution < 1.29 is 32.3 Å². The first-order chi connectivity index (χ1) is 14.5. The lowest BCUT2D eigenvalue weighted by molar-refractivity contribution is -0.131. The van der Waals surface area contributed by atoms with E-state index in [4.69, 9.17) is 9.94 Å². The number of methoxy groups -OCH3 is 1. The van der Waals surface area contributed by atoms with Crippen molar-refractivity contribution in [2.45, 2.75) is 24.6 Å². The Morgan fingerprint density at radius 3 is 2.45 bits per heavy atom. The summed E-state index contributed by atoms with van der Waals surface area (Å²) in [5, 5.41) is 8.93. The third-order valence-electron chi connectivity index (χ3n) is 5.73. The second kappa shape index (κ2) is 8.27. The molecule has 166 valence electrons. The Balaban J connectivity index is 1.84. The molecule has 31 heavy (non-hydrogen) atoms. The molecule has 0 saturated heterocycles. The fourth-order valence-electron chi connectivity index (χ4n) is 3.50. The third kappa shape index (κ3) is 4.13. The van der Waals surface area contributed by atoms with Crippen LogP contribution < -0.4 is 10.2 Å². The summed E-state index contributed by atoms with van der Waals surface area (Å²) in [5.74, 6) is -1.45. The van der Waals surface area contributed by atoms with Crippen molar-refractivity contribution in [1.29, 1.82) is 0 Å². The molecule has 0 aromatic heterocycles. The van der Waals surface area contributed by atoms with E-state index in [9.17, 15) is 22.4 Å². The van der Waals surface area contributed by atoms with Gasteiger partial charge >= 0.3 is 0 Å². The number of halogens is 1. The largest absolute Gasteiger partial charge is 0.497 e. The fraction of sp³-hybridized carbons (Fsp3) is 0.333. The monoisotopic (exact) mass is 450 g/mol. The van der Waals surface area contributed by atoms with E-state index in [0.29, 0.717) is 22.4 Å². The molecule has 0 bridgehead atoms. The van der Waals surface area contributed by atoms with Gasteiger partial charge in [-0.1, -0.05) is 12.1 Å². The van der Waals surface area contributed by atoms with E-state index in [-0.39, 0.29) is 25.1 Å². The van der Waals surface area contributed by atoms with Gasteiger partial charge in [-0.25, -0.2) is 18.3 Å². The normalized spacial score (nSPS) is 15.4. The van der Waals surface area contributed by atoms with Crippen LogP contribution in [0.15, 0.2) is 36.4 Å². The standard InChI is InChI=1S/C21H23FN2O6S/c1-21(20(26)23-27,31(3,28)29)8-9-24-12-14-10-16(18(22)11-17(14)19(24)25)13-4-6-15(30-2)7-5-13/h4-7,10-11,27H,8-9,12H2,1-3H3,(H,23,26)/t21-/m1/s1. The Kier molecular flexibility index (Phi) is 6.06. The van der Waals surface area contributed by atoms with E-state index in [2.05, 4.69) is 0 Å². The zero-order chi connectivity index (χ0) is 23.0. The maximum atomic E-state index is 14.7. The Morgan fingerprint density at radius 2 is 1.90 bits per heavy atom. The quantitative estimate of drug-likeness (QED) is 0.494. The van der Waals surface area contributed by atoms with Gasteiger partial charge in [0.2, 0.25) is 0 Å². The lowest BCUT2D eigenvalue weighted by atomic mass is 9.99.